The van der Waals surface area contributed by atoms with Crippen LogP contribution in [0, 0.1) is 0 Å². The maximum Gasteiger partial charge on any atom is 0.118 e. The van der Waals surface area contributed by atoms with Gasteiger partial charge in [0.1, 0.15) is 5.75 Å². The van der Waals surface area contributed by atoms with E-state index in [4.69, 9.17) is 15.0 Å². The van der Waals surface area contributed by atoms with Crippen molar-refractivity contribution in [3.63, 3.8) is 0 Å². The molecule has 110 valence electrons. The van der Waals surface area contributed by atoms with Gasteiger partial charge in [0.2, 0.25) is 0 Å². The summed E-state index contributed by atoms with van der Waals surface area (Å²) >= 11 is 0. The standard InChI is InChI=1S/C14H17N5O2/c1-20-14-4-2-12(3-5-14)9-21-10-13(17-18-15)8-19-7-6-16-11-19/h2-7,11,13H,8-10H2,1H3. The molecule has 0 saturated heterocycles. The molecule has 7 heteroatoms. The van der Waals surface area contributed by atoms with Crippen molar-refractivity contribution in [2.45, 2.75) is 19.2 Å². The first-order valence-electron chi connectivity index (χ1n) is 6.52. The average molecular weight is 287 g/mol. The van der Waals surface area contributed by atoms with E-state index in [0.717, 1.165) is 11.3 Å². The Kier molecular flexibility index (Phi) is 5.63. The number of aromatic nitrogens is 2. The Hall–Kier alpha value is -2.50. The Morgan fingerprint density at radius 3 is 2.81 bits per heavy atom. The van der Waals surface area contributed by atoms with Crippen LogP contribution in [0.5, 0.6) is 5.75 Å². The SMILES string of the molecule is COc1ccc(COCC(Cn2ccnc2)N=[N+]=[N-])cc1. The lowest BCUT2D eigenvalue weighted by Crippen LogP contribution is -2.19. The number of hydrogen-bond acceptors (Lipinski definition) is 4. The summed E-state index contributed by atoms with van der Waals surface area (Å²) in [6.45, 7) is 1.37. The Morgan fingerprint density at radius 1 is 1.38 bits per heavy atom. The summed E-state index contributed by atoms with van der Waals surface area (Å²) in [5.74, 6) is 0.811. The number of imidazole rings is 1. The van der Waals surface area contributed by atoms with Gasteiger partial charge in [0.25, 0.3) is 0 Å². The van der Waals surface area contributed by atoms with Crippen LogP contribution < -0.4 is 4.74 Å². The molecule has 1 heterocycles. The van der Waals surface area contributed by atoms with Gasteiger partial charge in [-0.3, -0.25) is 0 Å². The minimum absolute atomic E-state index is 0.262. The topological polar surface area (TPSA) is 85.0 Å². The van der Waals surface area contributed by atoms with Crippen molar-refractivity contribution in [2.24, 2.45) is 5.11 Å². The van der Waals surface area contributed by atoms with Crippen molar-refractivity contribution in [3.8, 4) is 5.75 Å². The average Bonchev–Trinajstić information content (AvgIpc) is 3.01. The number of benzene rings is 1. The first-order valence-corrected chi connectivity index (χ1v) is 6.52. The van der Waals surface area contributed by atoms with Crippen molar-refractivity contribution in [1.29, 1.82) is 0 Å². The van der Waals surface area contributed by atoms with Gasteiger partial charge in [-0.25, -0.2) is 4.98 Å². The predicted molar refractivity (Wildman–Crippen MR) is 77.8 cm³/mol. The maximum absolute atomic E-state index is 8.60. The normalized spacial score (nSPS) is 11.7. The molecule has 1 unspecified atom stereocenters. The van der Waals surface area contributed by atoms with Gasteiger partial charge in [-0.1, -0.05) is 17.2 Å². The van der Waals surface area contributed by atoms with Crippen LogP contribution in [0.25, 0.3) is 10.4 Å². The fraction of sp³-hybridized carbons (Fsp3) is 0.357. The molecule has 0 aliphatic carbocycles. The molecule has 2 rings (SSSR count). The lowest BCUT2D eigenvalue weighted by atomic mass is 10.2. The first-order chi connectivity index (χ1) is 10.3. The van der Waals surface area contributed by atoms with E-state index in [0.29, 0.717) is 19.8 Å². The van der Waals surface area contributed by atoms with Crippen LogP contribution in [0.1, 0.15) is 5.56 Å². The molecule has 21 heavy (non-hydrogen) atoms. The van der Waals surface area contributed by atoms with Gasteiger partial charge >= 0.3 is 0 Å². The summed E-state index contributed by atoms with van der Waals surface area (Å²) in [4.78, 5) is 6.81. The highest BCUT2D eigenvalue weighted by molar-refractivity contribution is 5.26. The molecule has 0 fully saturated rings. The number of rotatable bonds is 8. The second-order valence-corrected chi connectivity index (χ2v) is 4.48. The van der Waals surface area contributed by atoms with Crippen molar-refractivity contribution < 1.29 is 9.47 Å². The molecule has 0 aliphatic rings. The van der Waals surface area contributed by atoms with E-state index < -0.39 is 0 Å². The second kappa shape index (κ2) is 7.94. The predicted octanol–water partition coefficient (Wildman–Crippen LogP) is 2.79. The van der Waals surface area contributed by atoms with E-state index in [2.05, 4.69) is 15.0 Å². The Balaban J connectivity index is 1.82. The number of nitrogens with zero attached hydrogens (tertiary/aromatic N) is 5. The number of hydrogen-bond donors (Lipinski definition) is 0. The molecule has 0 N–H and O–H groups in total. The lowest BCUT2D eigenvalue weighted by Gasteiger charge is -2.12. The monoisotopic (exact) mass is 287 g/mol. The number of azide groups is 1. The van der Waals surface area contributed by atoms with Gasteiger partial charge in [0.15, 0.2) is 0 Å². The minimum Gasteiger partial charge on any atom is -0.497 e. The van der Waals surface area contributed by atoms with Crippen LogP contribution in [0.3, 0.4) is 0 Å². The van der Waals surface area contributed by atoms with Crippen LogP contribution in [-0.2, 0) is 17.9 Å². The van der Waals surface area contributed by atoms with Gasteiger partial charge in [-0.05, 0) is 23.2 Å². The molecule has 0 spiro atoms. The zero-order chi connectivity index (χ0) is 14.9. The fourth-order valence-electron chi connectivity index (χ4n) is 1.87. The highest BCUT2D eigenvalue weighted by atomic mass is 16.5. The van der Waals surface area contributed by atoms with Crippen LogP contribution >= 0.6 is 0 Å². The van der Waals surface area contributed by atoms with Crippen LogP contribution in [0.15, 0.2) is 48.1 Å². The second-order valence-electron chi connectivity index (χ2n) is 4.48. The number of ether oxygens (including phenoxy) is 2. The molecule has 0 bridgehead atoms. The smallest absolute Gasteiger partial charge is 0.118 e. The Bertz CT molecular complexity index is 576. The zero-order valence-electron chi connectivity index (χ0n) is 11.8. The van der Waals surface area contributed by atoms with Crippen molar-refractivity contribution in [2.75, 3.05) is 13.7 Å². The molecule has 7 nitrogen and oxygen atoms in total. The summed E-state index contributed by atoms with van der Waals surface area (Å²) in [7, 11) is 1.63. The highest BCUT2D eigenvalue weighted by Gasteiger charge is 2.07. The molecular weight excluding hydrogens is 270 g/mol. The molecular formula is C14H17N5O2. The van der Waals surface area contributed by atoms with Crippen LogP contribution in [-0.4, -0.2) is 29.3 Å². The van der Waals surface area contributed by atoms with Gasteiger partial charge in [0, 0.05) is 23.9 Å². The lowest BCUT2D eigenvalue weighted by molar-refractivity contribution is 0.104. The van der Waals surface area contributed by atoms with E-state index in [1.54, 1.807) is 19.6 Å². The van der Waals surface area contributed by atoms with E-state index in [1.807, 2.05) is 35.0 Å². The third-order valence-electron chi connectivity index (χ3n) is 2.93. The Labute approximate surface area is 122 Å². The molecule has 2 aromatic rings. The van der Waals surface area contributed by atoms with Gasteiger partial charge in [-0.15, -0.1) is 0 Å². The molecule has 1 atom stereocenters. The summed E-state index contributed by atoms with van der Waals surface area (Å²) in [6.07, 6.45) is 5.19. The van der Waals surface area contributed by atoms with Gasteiger partial charge < -0.3 is 14.0 Å². The van der Waals surface area contributed by atoms with Crippen LogP contribution in [0.4, 0.5) is 0 Å². The Morgan fingerprint density at radius 2 is 2.19 bits per heavy atom. The van der Waals surface area contributed by atoms with Gasteiger partial charge in [0.05, 0.1) is 32.7 Å². The molecule has 0 radical (unpaired) electrons. The van der Waals surface area contributed by atoms with E-state index >= 15 is 0 Å². The quantitative estimate of drug-likeness (QED) is 0.425. The van der Waals surface area contributed by atoms with E-state index in [-0.39, 0.29) is 6.04 Å². The van der Waals surface area contributed by atoms with Gasteiger partial charge in [-0.2, -0.15) is 0 Å². The molecule has 1 aromatic heterocycles. The van der Waals surface area contributed by atoms with Crippen molar-refractivity contribution in [3.05, 3.63) is 59.0 Å². The maximum atomic E-state index is 8.60. The molecule has 1 aromatic carbocycles. The third kappa shape index (κ3) is 4.83. The highest BCUT2D eigenvalue weighted by Crippen LogP contribution is 2.12. The third-order valence-corrected chi connectivity index (χ3v) is 2.93. The van der Waals surface area contributed by atoms with E-state index in [1.165, 1.54) is 0 Å². The van der Waals surface area contributed by atoms with Crippen LogP contribution in [0.2, 0.25) is 0 Å². The fourth-order valence-corrected chi connectivity index (χ4v) is 1.87. The summed E-state index contributed by atoms with van der Waals surface area (Å²) in [5, 5.41) is 3.74. The van der Waals surface area contributed by atoms with Crippen molar-refractivity contribution >= 4 is 0 Å². The molecule has 0 saturated carbocycles. The molecule has 0 aliphatic heterocycles. The summed E-state index contributed by atoms with van der Waals surface area (Å²) < 4.78 is 12.6. The minimum atomic E-state index is -0.262. The zero-order valence-corrected chi connectivity index (χ0v) is 11.8. The van der Waals surface area contributed by atoms with E-state index in [9.17, 15) is 0 Å². The van der Waals surface area contributed by atoms with Crippen molar-refractivity contribution in [1.82, 2.24) is 9.55 Å². The largest absolute Gasteiger partial charge is 0.497 e. The summed E-state index contributed by atoms with van der Waals surface area (Å²) in [5.41, 5.74) is 9.64. The molecule has 0 amide bonds. The summed E-state index contributed by atoms with van der Waals surface area (Å²) in [6, 6.07) is 7.39. The first kappa shape index (κ1) is 14.9. The number of methoxy groups -OCH3 is 1.